The van der Waals surface area contributed by atoms with Crippen molar-refractivity contribution < 1.29 is 9.59 Å². The molecular weight excluding hydrogens is 320 g/mol. The van der Waals surface area contributed by atoms with Gasteiger partial charge >= 0.3 is 0 Å². The van der Waals surface area contributed by atoms with Gasteiger partial charge in [-0.3, -0.25) is 14.5 Å². The Morgan fingerprint density at radius 2 is 1.90 bits per heavy atom. The Hall–Kier alpha value is -1.36. The number of rotatable bonds is 3. The second-order valence-corrected chi connectivity index (χ2v) is 6.00. The summed E-state index contributed by atoms with van der Waals surface area (Å²) in [6.45, 7) is 5.79. The van der Waals surface area contributed by atoms with Crippen LogP contribution in [0.15, 0.2) is 22.7 Å². The van der Waals surface area contributed by atoms with E-state index in [1.165, 1.54) is 0 Å². The van der Waals surface area contributed by atoms with E-state index in [1.807, 2.05) is 39.0 Å². The fourth-order valence-corrected chi connectivity index (χ4v) is 3.17. The van der Waals surface area contributed by atoms with Crippen molar-refractivity contribution in [3.63, 3.8) is 0 Å². The Kier molecular flexibility index (Phi) is 4.48. The third-order valence-corrected chi connectivity index (χ3v) is 4.02. The lowest BCUT2D eigenvalue weighted by atomic mass is 10.0. The standard InChI is InChI=1S/C15H19BrN2O2/c1-4-12-15(20)18(13(5-2)14(19)17-12)11-7-9(3)6-10(16)8-11/h6-8,12-13H,4-5H2,1-3H3,(H,17,19). The first-order valence-electron chi connectivity index (χ1n) is 6.88. The first-order valence-corrected chi connectivity index (χ1v) is 7.67. The molecule has 0 radical (unpaired) electrons. The lowest BCUT2D eigenvalue weighted by Crippen LogP contribution is -2.63. The van der Waals surface area contributed by atoms with Crippen LogP contribution in [0.1, 0.15) is 32.3 Å². The molecule has 20 heavy (non-hydrogen) atoms. The molecular formula is C15H19BrN2O2. The number of anilines is 1. The quantitative estimate of drug-likeness (QED) is 0.921. The average molecular weight is 339 g/mol. The summed E-state index contributed by atoms with van der Waals surface area (Å²) in [6, 6.07) is 4.95. The number of nitrogens with one attached hydrogen (secondary N) is 1. The molecule has 1 heterocycles. The molecule has 108 valence electrons. The summed E-state index contributed by atoms with van der Waals surface area (Å²) in [4.78, 5) is 26.4. The maximum atomic E-state index is 12.6. The van der Waals surface area contributed by atoms with E-state index in [0.717, 1.165) is 15.7 Å². The van der Waals surface area contributed by atoms with E-state index in [0.29, 0.717) is 12.8 Å². The fraction of sp³-hybridized carbons (Fsp3) is 0.467. The summed E-state index contributed by atoms with van der Waals surface area (Å²) >= 11 is 3.45. The van der Waals surface area contributed by atoms with E-state index >= 15 is 0 Å². The molecule has 0 spiro atoms. The normalized spacial score (nSPS) is 22.9. The van der Waals surface area contributed by atoms with Gasteiger partial charge in [0, 0.05) is 10.2 Å². The molecule has 1 aliphatic rings. The third kappa shape index (κ3) is 2.73. The van der Waals surface area contributed by atoms with Crippen LogP contribution in [0, 0.1) is 6.92 Å². The summed E-state index contributed by atoms with van der Waals surface area (Å²) in [5.41, 5.74) is 1.83. The van der Waals surface area contributed by atoms with E-state index in [2.05, 4.69) is 21.2 Å². The topological polar surface area (TPSA) is 49.4 Å². The number of halogens is 1. The maximum Gasteiger partial charge on any atom is 0.250 e. The van der Waals surface area contributed by atoms with Crippen LogP contribution in [0.2, 0.25) is 0 Å². The number of hydrogen-bond donors (Lipinski definition) is 1. The molecule has 1 aromatic carbocycles. The zero-order chi connectivity index (χ0) is 14.9. The van der Waals surface area contributed by atoms with E-state index in [-0.39, 0.29) is 11.8 Å². The molecule has 2 rings (SSSR count). The Bertz CT molecular complexity index is 524. The van der Waals surface area contributed by atoms with Gasteiger partial charge in [-0.15, -0.1) is 0 Å². The van der Waals surface area contributed by atoms with Gasteiger partial charge in [-0.1, -0.05) is 29.8 Å². The molecule has 1 fully saturated rings. The average Bonchev–Trinajstić information content (AvgIpc) is 2.39. The van der Waals surface area contributed by atoms with Crippen LogP contribution in [-0.2, 0) is 9.59 Å². The minimum atomic E-state index is -0.431. The molecule has 2 amide bonds. The van der Waals surface area contributed by atoms with Crippen LogP contribution >= 0.6 is 15.9 Å². The summed E-state index contributed by atoms with van der Waals surface area (Å²) in [7, 11) is 0. The van der Waals surface area contributed by atoms with Crippen LogP contribution in [0.3, 0.4) is 0 Å². The Morgan fingerprint density at radius 3 is 2.45 bits per heavy atom. The van der Waals surface area contributed by atoms with Crippen molar-refractivity contribution in [1.82, 2.24) is 5.32 Å². The Balaban J connectivity index is 2.47. The molecule has 1 aromatic rings. The number of carbonyl (C=O) groups excluding carboxylic acids is 2. The van der Waals surface area contributed by atoms with Gasteiger partial charge in [0.1, 0.15) is 12.1 Å². The number of carbonyl (C=O) groups is 2. The first kappa shape index (κ1) is 15.0. The number of piperazine rings is 1. The molecule has 0 saturated carbocycles. The minimum Gasteiger partial charge on any atom is -0.342 e. The van der Waals surface area contributed by atoms with Gasteiger partial charge in [-0.25, -0.2) is 0 Å². The SMILES string of the molecule is CCC1NC(=O)C(CC)N(c2cc(C)cc(Br)c2)C1=O. The van der Waals surface area contributed by atoms with Crippen molar-refractivity contribution in [2.75, 3.05) is 4.90 Å². The molecule has 4 nitrogen and oxygen atoms in total. The second kappa shape index (κ2) is 5.95. The lowest BCUT2D eigenvalue weighted by molar-refractivity contribution is -0.134. The van der Waals surface area contributed by atoms with Crippen molar-refractivity contribution in [2.24, 2.45) is 0 Å². The molecule has 1 aliphatic heterocycles. The van der Waals surface area contributed by atoms with Crippen molar-refractivity contribution in [3.8, 4) is 0 Å². The Morgan fingerprint density at radius 1 is 1.20 bits per heavy atom. The van der Waals surface area contributed by atoms with E-state index in [1.54, 1.807) is 4.90 Å². The van der Waals surface area contributed by atoms with Crippen molar-refractivity contribution in [2.45, 2.75) is 45.7 Å². The van der Waals surface area contributed by atoms with Gasteiger partial charge in [0.15, 0.2) is 0 Å². The Labute approximate surface area is 127 Å². The van der Waals surface area contributed by atoms with Gasteiger partial charge in [0.05, 0.1) is 0 Å². The van der Waals surface area contributed by atoms with Gasteiger partial charge in [0.2, 0.25) is 11.8 Å². The minimum absolute atomic E-state index is 0.0311. The van der Waals surface area contributed by atoms with Crippen LogP contribution in [0.5, 0.6) is 0 Å². The second-order valence-electron chi connectivity index (χ2n) is 5.09. The first-order chi connectivity index (χ1) is 9.47. The summed E-state index contributed by atoms with van der Waals surface area (Å²) < 4.78 is 0.911. The smallest absolute Gasteiger partial charge is 0.250 e. The monoisotopic (exact) mass is 338 g/mol. The summed E-state index contributed by atoms with van der Waals surface area (Å²) in [5.74, 6) is -0.104. The zero-order valence-corrected chi connectivity index (χ0v) is 13.5. The molecule has 1 saturated heterocycles. The predicted molar refractivity (Wildman–Crippen MR) is 82.7 cm³/mol. The van der Waals surface area contributed by atoms with Gasteiger partial charge in [0.25, 0.3) is 0 Å². The largest absolute Gasteiger partial charge is 0.342 e. The van der Waals surface area contributed by atoms with Crippen LogP contribution in [-0.4, -0.2) is 23.9 Å². The number of aryl methyl sites for hydroxylation is 1. The van der Waals surface area contributed by atoms with E-state index in [9.17, 15) is 9.59 Å². The van der Waals surface area contributed by atoms with Crippen LogP contribution < -0.4 is 10.2 Å². The molecule has 0 aromatic heterocycles. The van der Waals surface area contributed by atoms with Crippen LogP contribution in [0.4, 0.5) is 5.69 Å². The molecule has 2 unspecified atom stereocenters. The highest BCUT2D eigenvalue weighted by Crippen LogP contribution is 2.28. The maximum absolute atomic E-state index is 12.6. The predicted octanol–water partition coefficient (Wildman–Crippen LogP) is 2.78. The van der Waals surface area contributed by atoms with Crippen molar-refractivity contribution >= 4 is 33.4 Å². The zero-order valence-electron chi connectivity index (χ0n) is 11.9. The van der Waals surface area contributed by atoms with Crippen molar-refractivity contribution in [1.29, 1.82) is 0 Å². The van der Waals surface area contributed by atoms with E-state index < -0.39 is 12.1 Å². The number of amides is 2. The molecule has 0 bridgehead atoms. The van der Waals surface area contributed by atoms with Gasteiger partial charge in [-0.05, 0) is 43.5 Å². The van der Waals surface area contributed by atoms with Crippen LogP contribution in [0.25, 0.3) is 0 Å². The highest BCUT2D eigenvalue weighted by molar-refractivity contribution is 9.10. The highest BCUT2D eigenvalue weighted by atomic mass is 79.9. The molecule has 1 N–H and O–H groups in total. The molecule has 5 heteroatoms. The van der Waals surface area contributed by atoms with Gasteiger partial charge in [-0.2, -0.15) is 0 Å². The third-order valence-electron chi connectivity index (χ3n) is 3.57. The number of nitrogens with zero attached hydrogens (tertiary/aromatic N) is 1. The lowest BCUT2D eigenvalue weighted by Gasteiger charge is -2.38. The van der Waals surface area contributed by atoms with Gasteiger partial charge < -0.3 is 5.32 Å². The highest BCUT2D eigenvalue weighted by Gasteiger charge is 2.39. The van der Waals surface area contributed by atoms with Crippen molar-refractivity contribution in [3.05, 3.63) is 28.2 Å². The van der Waals surface area contributed by atoms with E-state index in [4.69, 9.17) is 0 Å². The summed E-state index contributed by atoms with van der Waals surface area (Å²) in [5, 5.41) is 2.80. The number of hydrogen-bond acceptors (Lipinski definition) is 2. The number of benzene rings is 1. The summed E-state index contributed by atoms with van der Waals surface area (Å²) in [6.07, 6.45) is 1.20. The fourth-order valence-electron chi connectivity index (χ4n) is 2.58. The molecule has 0 aliphatic carbocycles. The molecule has 2 atom stereocenters.